The Morgan fingerprint density at radius 2 is 0.567 bits per heavy atom. The molecule has 1 aliphatic carbocycles. The summed E-state index contributed by atoms with van der Waals surface area (Å²) in [6.07, 6.45) is 16.1. The zero-order valence-electron chi connectivity index (χ0n) is 89.4. The van der Waals surface area contributed by atoms with Gasteiger partial charge in [0.05, 0.1) is 32.3 Å². The first-order chi connectivity index (χ1) is 65.9. The van der Waals surface area contributed by atoms with Crippen LogP contribution in [-0.4, -0.2) is 72.2 Å². The Morgan fingerprint density at radius 1 is 0.306 bits per heavy atom. The molecule has 0 bridgehead atoms. The third-order valence-electron chi connectivity index (χ3n) is 21.5. The Balaban J connectivity index is 0.000000250. The maximum absolute atomic E-state index is 7.29. The molecule has 0 aliphatic heterocycles. The van der Waals surface area contributed by atoms with Crippen LogP contribution in [0.5, 0.6) is 0 Å². The predicted molar refractivity (Wildman–Crippen MR) is 562 cm³/mol. The maximum atomic E-state index is 7.29. The molecule has 0 saturated heterocycles. The molecular weight excluding hydrogens is 2410 g/mol. The van der Waals surface area contributed by atoms with Crippen LogP contribution < -0.4 is 20.7 Å². The Labute approximate surface area is 874 Å². The van der Waals surface area contributed by atoms with Crippen molar-refractivity contribution in [2.75, 3.05) is 0 Å². The van der Waals surface area contributed by atoms with Gasteiger partial charge in [-0.05, 0) is 161 Å². The monoisotopic (exact) mass is 2550 g/mol. The van der Waals surface area contributed by atoms with Gasteiger partial charge >= 0.3 is 0 Å². The van der Waals surface area contributed by atoms with Crippen molar-refractivity contribution in [1.82, 2.24) is 39.9 Å². The summed E-state index contributed by atoms with van der Waals surface area (Å²) in [5, 5.41) is 5.99. The van der Waals surface area contributed by atoms with E-state index < -0.39 is 52.9 Å². The standard InChI is InChI=1S/C19H24NSi.C18H24NSi.C17H22NSi.C16H20NSi.4C12H10N.4Ir/c1-21(2,3)19-14-20-18(16-11-5-4-6-12-16)13-17(19)15-9-7-8-10-15;1-14(2)11-16-12-17(15-9-7-6-8-10-15)19-13-18(16)20(3,4)5;1-13(2)15-11-16(14-9-7-6-8-10-14)18-12-17(15)19(3,4)5;1-5-13-11-15(14-9-7-6-8-10-14)17-12-16(13)18(2,3)4;4*1-10-6-5-9-12(13-10)11-7-3-2-4-8-11;;;;/h4-6,11,13-15H,7-10H2,1-3H3;6-9,12-14H,11H2,1-5H3;6-9,11-13H,1-5H3;6-9,11-12H,5H2,1-4H3;4*2-7,9H,1H3;;;;/q8*-1;;;;/i;;;;3*1D3;;;;;. The van der Waals surface area contributed by atoms with Crippen LogP contribution >= 0.6 is 0 Å². The van der Waals surface area contributed by atoms with E-state index in [1.54, 1.807) is 65.3 Å². The van der Waals surface area contributed by atoms with E-state index in [1.807, 2.05) is 171 Å². The maximum Gasteiger partial charge on any atom is 0.0799 e. The first-order valence-electron chi connectivity index (χ1n) is 49.6. The smallest absolute Gasteiger partial charge is 0.0799 e. The number of hydrogen-bond acceptors (Lipinski definition) is 8. The molecule has 0 amide bonds. The van der Waals surface area contributed by atoms with Gasteiger partial charge in [0, 0.05) is 140 Å². The van der Waals surface area contributed by atoms with Gasteiger partial charge in [-0.25, -0.2) is 0 Å². The predicted octanol–water partition coefficient (Wildman–Crippen LogP) is 28.3. The van der Waals surface area contributed by atoms with E-state index in [9.17, 15) is 0 Å². The molecule has 17 rings (SSSR count). The summed E-state index contributed by atoms with van der Waals surface area (Å²) < 4.78 is 65.6. The second-order valence-electron chi connectivity index (χ2n) is 37.0. The van der Waals surface area contributed by atoms with Crippen LogP contribution in [0.25, 0.3) is 90.1 Å². The molecule has 0 unspecified atom stereocenters. The van der Waals surface area contributed by atoms with Crippen LogP contribution in [0, 0.1) is 81.9 Å². The fourth-order valence-corrected chi connectivity index (χ4v) is 21.5. The molecule has 134 heavy (non-hydrogen) atoms. The minimum atomic E-state index is -2.16. The fraction of sp³-hybridized carbons (Fsp3) is 0.254. The normalized spacial score (nSPS) is 12.7. The topological polar surface area (TPSA) is 103 Å². The van der Waals surface area contributed by atoms with Gasteiger partial charge in [-0.2, -0.15) is 0 Å². The van der Waals surface area contributed by atoms with Gasteiger partial charge in [-0.1, -0.05) is 221 Å². The van der Waals surface area contributed by atoms with Gasteiger partial charge in [0.25, 0.3) is 0 Å². The molecule has 4 radical (unpaired) electrons. The molecule has 8 aromatic heterocycles. The molecule has 16 heteroatoms. The Hall–Kier alpha value is -9.58. The van der Waals surface area contributed by atoms with Gasteiger partial charge in [-0.3, -0.25) is 0 Å². The molecule has 1 fully saturated rings. The van der Waals surface area contributed by atoms with Crippen LogP contribution in [0.1, 0.15) is 130 Å². The van der Waals surface area contributed by atoms with Gasteiger partial charge in [0.2, 0.25) is 0 Å². The molecule has 0 N–H and O–H groups in total. The molecule has 1 aliphatic rings. The summed E-state index contributed by atoms with van der Waals surface area (Å²) in [5.41, 5.74) is 22.2. The Morgan fingerprint density at radius 3 is 0.836 bits per heavy atom. The number of nitrogens with zero attached hydrogens (tertiary/aromatic N) is 8. The summed E-state index contributed by atoms with van der Waals surface area (Å²) >= 11 is 0. The molecule has 0 atom stereocenters. The largest absolute Gasteiger partial charge is 0.305 e. The van der Waals surface area contributed by atoms with Crippen molar-refractivity contribution in [2.24, 2.45) is 5.92 Å². The second kappa shape index (κ2) is 56.2. The minimum absolute atomic E-state index is 0. The minimum Gasteiger partial charge on any atom is -0.305 e. The molecule has 702 valence electrons. The molecule has 16 aromatic rings. The van der Waals surface area contributed by atoms with Gasteiger partial charge in [-0.15, -0.1) is 287 Å². The summed E-state index contributed by atoms with van der Waals surface area (Å²) in [7, 11) is -5.32. The van der Waals surface area contributed by atoms with E-state index in [4.69, 9.17) is 17.3 Å². The van der Waals surface area contributed by atoms with Crippen molar-refractivity contribution in [2.45, 2.75) is 191 Å². The van der Waals surface area contributed by atoms with Crippen molar-refractivity contribution in [3.8, 4) is 90.1 Å². The third-order valence-corrected chi connectivity index (χ3v) is 29.7. The van der Waals surface area contributed by atoms with Crippen LogP contribution in [0.4, 0.5) is 0 Å². The summed E-state index contributed by atoms with van der Waals surface area (Å²) in [6, 6.07) is 118. The van der Waals surface area contributed by atoms with E-state index in [2.05, 4.69) is 276 Å². The third kappa shape index (κ3) is 36.2. The van der Waals surface area contributed by atoms with Crippen LogP contribution in [0.15, 0.2) is 316 Å². The zero-order chi connectivity index (χ0) is 101. The average molecular weight is 2550 g/mol. The van der Waals surface area contributed by atoms with E-state index in [-0.39, 0.29) is 97.5 Å². The number of benzene rings is 8. The van der Waals surface area contributed by atoms with Crippen LogP contribution in [0.2, 0.25) is 78.6 Å². The average Bonchev–Trinajstić information content (AvgIpc) is 1.60. The van der Waals surface area contributed by atoms with E-state index in [1.165, 1.54) is 76.1 Å². The van der Waals surface area contributed by atoms with Crippen LogP contribution in [0.3, 0.4) is 0 Å². The number of hydrogen-bond donors (Lipinski definition) is 0. The van der Waals surface area contributed by atoms with Gasteiger partial charge in [0.1, 0.15) is 0 Å². The first kappa shape index (κ1) is 98.9. The Bertz CT molecular complexity index is 6250. The Kier molecular flexibility index (Phi) is 41.5. The number of rotatable bonds is 17. The first-order valence-corrected chi connectivity index (χ1v) is 59.1. The van der Waals surface area contributed by atoms with Crippen molar-refractivity contribution in [1.29, 1.82) is 0 Å². The molecule has 8 nitrogen and oxygen atoms in total. The quantitative estimate of drug-likeness (QED) is 0.0656. The summed E-state index contributed by atoms with van der Waals surface area (Å²) in [6.45, 7) is 35.5. The van der Waals surface area contributed by atoms with E-state index >= 15 is 0 Å². The van der Waals surface area contributed by atoms with E-state index in [0.29, 0.717) is 28.9 Å². The van der Waals surface area contributed by atoms with Crippen molar-refractivity contribution < 1.29 is 92.8 Å². The van der Waals surface area contributed by atoms with Gasteiger partial charge in [0.15, 0.2) is 0 Å². The summed E-state index contributed by atoms with van der Waals surface area (Å²) in [4.78, 5) is 35.5. The van der Waals surface area contributed by atoms with Crippen LogP contribution in [-0.2, 0) is 93.3 Å². The molecule has 1 saturated carbocycles. The second-order valence-corrected chi connectivity index (χ2v) is 57.1. The number of aryl methyl sites for hydroxylation is 5. The molecular formula is C118H130Ir4N8Si4-8. The zero-order valence-corrected chi connectivity index (χ0v) is 94.0. The summed E-state index contributed by atoms with van der Waals surface area (Å²) in [5.74, 6) is 1.95. The number of aromatic nitrogens is 8. The molecule has 0 spiro atoms. The van der Waals surface area contributed by atoms with Crippen molar-refractivity contribution in [3.63, 3.8) is 0 Å². The van der Waals surface area contributed by atoms with Gasteiger partial charge < -0.3 is 39.9 Å². The fourth-order valence-electron chi connectivity index (χ4n) is 15.0. The van der Waals surface area contributed by atoms with Crippen molar-refractivity contribution in [3.05, 3.63) is 410 Å². The van der Waals surface area contributed by atoms with Crippen molar-refractivity contribution >= 4 is 53.0 Å². The number of pyridine rings is 8. The SMILES string of the molecule is CC(C)Cc1cc(-c2[c-]cccc2)ncc1[Si](C)(C)C.CC(C)c1cc(-c2[c-]cccc2)ncc1[Si](C)(C)C.CCc1cc(-c2[c-]cccc2)ncc1[Si](C)(C)C.C[Si](C)(C)c1cnc(-c2[c-]cccc2)cc1C1CCCC1.Cc1cccc(-c2[c-]cccc2)n1.[2H]C([2H])([2H])c1cccc(-c2[c-]cccc2)n1.[2H]C([2H])([2H])c1cccc(-c2[c-]cccc2)n1.[2H]C([2H])([2H])c1cccc(-c2[c-]cccc2)n1.[Ir].[Ir].[Ir].[Ir]. The van der Waals surface area contributed by atoms with E-state index in [0.717, 1.165) is 97.4 Å². The molecule has 8 heterocycles. The molecule has 8 aromatic carbocycles.